The van der Waals surface area contributed by atoms with Gasteiger partial charge in [-0.25, -0.2) is 0 Å². The number of primary amides is 1. The van der Waals surface area contributed by atoms with E-state index in [-0.39, 0.29) is 6.54 Å². The lowest BCUT2D eigenvalue weighted by molar-refractivity contribution is -0.137. The van der Waals surface area contributed by atoms with Gasteiger partial charge in [0.2, 0.25) is 0 Å². The van der Waals surface area contributed by atoms with Crippen molar-refractivity contribution in [2.75, 3.05) is 0 Å². The quantitative estimate of drug-likeness (QED) is 0.814. The first-order chi connectivity index (χ1) is 9.16. The number of rotatable bonds is 3. The predicted molar refractivity (Wildman–Crippen MR) is 72.9 cm³/mol. The van der Waals surface area contributed by atoms with Crippen molar-refractivity contribution in [2.45, 2.75) is 6.54 Å². The van der Waals surface area contributed by atoms with Crippen LogP contribution in [0.25, 0.3) is 11.1 Å². The van der Waals surface area contributed by atoms with Gasteiger partial charge in [0.15, 0.2) is 0 Å². The number of benzene rings is 2. The summed E-state index contributed by atoms with van der Waals surface area (Å²) in [6.07, 6.45) is 0. The van der Waals surface area contributed by atoms with Crippen LogP contribution in [-0.2, 0) is 16.1 Å². The average Bonchev–Trinajstić information content (AvgIpc) is 2.46. The van der Waals surface area contributed by atoms with E-state index in [1.165, 1.54) is 0 Å². The van der Waals surface area contributed by atoms with Gasteiger partial charge < -0.3 is 11.1 Å². The highest BCUT2D eigenvalue weighted by atomic mass is 16.2. The van der Waals surface area contributed by atoms with Crippen LogP contribution in [0, 0.1) is 0 Å². The highest BCUT2D eigenvalue weighted by molar-refractivity contribution is 6.34. The van der Waals surface area contributed by atoms with Gasteiger partial charge >= 0.3 is 11.8 Å². The summed E-state index contributed by atoms with van der Waals surface area (Å²) >= 11 is 0. The van der Waals surface area contributed by atoms with Gasteiger partial charge in [-0.3, -0.25) is 9.59 Å². The maximum absolute atomic E-state index is 11.0. The molecule has 0 atom stereocenters. The molecule has 0 saturated heterocycles. The Morgan fingerprint density at radius 2 is 1.47 bits per heavy atom. The second-order valence-corrected chi connectivity index (χ2v) is 4.11. The molecule has 96 valence electrons. The van der Waals surface area contributed by atoms with Crippen LogP contribution in [0.3, 0.4) is 0 Å². The van der Waals surface area contributed by atoms with Crippen molar-refractivity contribution >= 4 is 11.8 Å². The molecule has 2 amide bonds. The number of amides is 2. The molecule has 4 nitrogen and oxygen atoms in total. The second kappa shape index (κ2) is 5.82. The molecule has 2 rings (SSSR count). The molecule has 3 N–H and O–H groups in total. The van der Waals surface area contributed by atoms with E-state index in [4.69, 9.17) is 5.73 Å². The monoisotopic (exact) mass is 254 g/mol. The van der Waals surface area contributed by atoms with Crippen LogP contribution in [0.4, 0.5) is 0 Å². The molecule has 0 unspecified atom stereocenters. The van der Waals surface area contributed by atoms with Crippen LogP contribution in [0.5, 0.6) is 0 Å². The van der Waals surface area contributed by atoms with E-state index in [2.05, 4.69) is 5.32 Å². The topological polar surface area (TPSA) is 72.2 Å². The van der Waals surface area contributed by atoms with E-state index >= 15 is 0 Å². The molecule has 0 aliphatic rings. The van der Waals surface area contributed by atoms with E-state index < -0.39 is 11.8 Å². The second-order valence-electron chi connectivity index (χ2n) is 4.11. The largest absolute Gasteiger partial charge is 0.361 e. The van der Waals surface area contributed by atoms with E-state index in [0.29, 0.717) is 0 Å². The third-order valence-corrected chi connectivity index (χ3v) is 2.74. The van der Waals surface area contributed by atoms with Crippen molar-refractivity contribution in [1.82, 2.24) is 5.32 Å². The van der Waals surface area contributed by atoms with Gasteiger partial charge in [0.1, 0.15) is 0 Å². The number of hydrogen-bond acceptors (Lipinski definition) is 2. The fourth-order valence-corrected chi connectivity index (χ4v) is 1.72. The molecular weight excluding hydrogens is 240 g/mol. The molecule has 0 aromatic heterocycles. The van der Waals surface area contributed by atoms with E-state index in [1.807, 2.05) is 54.6 Å². The normalized spacial score (nSPS) is 9.89. The number of nitrogens with one attached hydrogen (secondary N) is 1. The summed E-state index contributed by atoms with van der Waals surface area (Å²) in [5, 5.41) is 2.44. The van der Waals surface area contributed by atoms with Gasteiger partial charge in [-0.05, 0) is 16.7 Å². The molecule has 0 fully saturated rings. The minimum atomic E-state index is -0.971. The zero-order valence-electron chi connectivity index (χ0n) is 10.3. The number of carbonyl (C=O) groups excluding carboxylic acids is 2. The summed E-state index contributed by atoms with van der Waals surface area (Å²) < 4.78 is 0. The third kappa shape index (κ3) is 3.42. The molecular formula is C15H14N2O2. The van der Waals surface area contributed by atoms with Crippen LogP contribution >= 0.6 is 0 Å². The maximum atomic E-state index is 11.0. The summed E-state index contributed by atoms with van der Waals surface area (Å²) in [5.74, 6) is -1.74. The molecule has 2 aromatic carbocycles. The van der Waals surface area contributed by atoms with Crippen LogP contribution in [0.2, 0.25) is 0 Å². The SMILES string of the molecule is NC(=O)C(=O)NCc1ccc(-c2ccccc2)cc1. The molecule has 2 aromatic rings. The first-order valence-electron chi connectivity index (χ1n) is 5.89. The average molecular weight is 254 g/mol. The number of hydrogen-bond donors (Lipinski definition) is 2. The Kier molecular flexibility index (Phi) is 3.93. The predicted octanol–water partition coefficient (Wildman–Crippen LogP) is 1.46. The maximum Gasteiger partial charge on any atom is 0.309 e. The highest BCUT2D eigenvalue weighted by Crippen LogP contribution is 2.19. The van der Waals surface area contributed by atoms with Crippen molar-refractivity contribution < 1.29 is 9.59 Å². The Hall–Kier alpha value is -2.62. The fraction of sp³-hybridized carbons (Fsp3) is 0.0667. The Labute approximate surface area is 111 Å². The van der Waals surface area contributed by atoms with Gasteiger partial charge in [-0.1, -0.05) is 54.6 Å². The molecule has 0 aliphatic heterocycles. The van der Waals surface area contributed by atoms with Crippen LogP contribution in [0.15, 0.2) is 54.6 Å². The summed E-state index contributed by atoms with van der Waals surface area (Å²) in [6, 6.07) is 17.8. The zero-order valence-corrected chi connectivity index (χ0v) is 10.3. The Morgan fingerprint density at radius 3 is 2.05 bits per heavy atom. The van der Waals surface area contributed by atoms with Gasteiger partial charge in [0.05, 0.1) is 0 Å². The first kappa shape index (κ1) is 12.8. The molecule has 0 radical (unpaired) electrons. The van der Waals surface area contributed by atoms with Gasteiger partial charge in [-0.2, -0.15) is 0 Å². The summed E-state index contributed by atoms with van der Waals surface area (Å²) in [4.78, 5) is 21.6. The van der Waals surface area contributed by atoms with Crippen LogP contribution in [-0.4, -0.2) is 11.8 Å². The van der Waals surface area contributed by atoms with Gasteiger partial charge in [0.25, 0.3) is 0 Å². The molecule has 4 heteroatoms. The minimum absolute atomic E-state index is 0.289. The highest BCUT2D eigenvalue weighted by Gasteiger charge is 2.07. The Balaban J connectivity index is 2.03. The molecule has 0 aliphatic carbocycles. The van der Waals surface area contributed by atoms with Crippen molar-refractivity contribution in [2.24, 2.45) is 5.73 Å². The Bertz CT molecular complexity index is 577. The lowest BCUT2D eigenvalue weighted by Gasteiger charge is -2.05. The van der Waals surface area contributed by atoms with Crippen LogP contribution < -0.4 is 11.1 Å². The van der Waals surface area contributed by atoms with Crippen molar-refractivity contribution in [1.29, 1.82) is 0 Å². The molecule has 0 saturated carbocycles. The molecule has 0 spiro atoms. The minimum Gasteiger partial charge on any atom is -0.361 e. The number of carbonyl (C=O) groups is 2. The standard InChI is InChI=1S/C15H14N2O2/c16-14(18)15(19)17-10-11-6-8-13(9-7-11)12-4-2-1-3-5-12/h1-9H,10H2,(H2,16,18)(H,17,19). The van der Waals surface area contributed by atoms with Crippen molar-refractivity contribution in [3.05, 3.63) is 60.2 Å². The van der Waals surface area contributed by atoms with Gasteiger partial charge in [-0.15, -0.1) is 0 Å². The van der Waals surface area contributed by atoms with Crippen LogP contribution in [0.1, 0.15) is 5.56 Å². The summed E-state index contributed by atoms with van der Waals surface area (Å²) in [6.45, 7) is 0.289. The first-order valence-corrected chi connectivity index (χ1v) is 5.89. The third-order valence-electron chi connectivity index (χ3n) is 2.74. The van der Waals surface area contributed by atoms with Gasteiger partial charge in [0, 0.05) is 6.54 Å². The number of nitrogens with two attached hydrogens (primary N) is 1. The lowest BCUT2D eigenvalue weighted by Crippen LogP contribution is -2.35. The Morgan fingerprint density at radius 1 is 0.895 bits per heavy atom. The summed E-state index contributed by atoms with van der Waals surface area (Å²) in [7, 11) is 0. The fourth-order valence-electron chi connectivity index (χ4n) is 1.72. The molecule has 0 heterocycles. The van der Waals surface area contributed by atoms with E-state index in [0.717, 1.165) is 16.7 Å². The zero-order chi connectivity index (χ0) is 13.7. The smallest absolute Gasteiger partial charge is 0.309 e. The molecule has 0 bridgehead atoms. The van der Waals surface area contributed by atoms with Crippen molar-refractivity contribution in [3.8, 4) is 11.1 Å². The lowest BCUT2D eigenvalue weighted by atomic mass is 10.0. The van der Waals surface area contributed by atoms with E-state index in [9.17, 15) is 9.59 Å². The van der Waals surface area contributed by atoms with Crippen molar-refractivity contribution in [3.63, 3.8) is 0 Å². The molecule has 19 heavy (non-hydrogen) atoms. The summed E-state index contributed by atoms with van der Waals surface area (Å²) in [5.41, 5.74) is 8.00. The van der Waals surface area contributed by atoms with E-state index in [1.54, 1.807) is 0 Å².